The van der Waals surface area contributed by atoms with Crippen molar-refractivity contribution in [1.82, 2.24) is 25.6 Å². The van der Waals surface area contributed by atoms with Crippen LogP contribution in [0.1, 0.15) is 49.7 Å². The molecule has 2 aliphatic heterocycles. The van der Waals surface area contributed by atoms with E-state index in [1.807, 2.05) is 34.0 Å². The molecule has 1 aromatic carbocycles. The molecule has 0 saturated carbocycles. The van der Waals surface area contributed by atoms with Gasteiger partial charge in [-0.3, -0.25) is 4.99 Å². The predicted molar refractivity (Wildman–Crippen MR) is 187 cm³/mol. The number of hydrogen-bond acceptors (Lipinski definition) is 13. The van der Waals surface area contributed by atoms with Crippen LogP contribution in [-0.2, 0) is 22.5 Å². The Kier molecular flexibility index (Phi) is 11.1. The molecule has 3 heterocycles. The number of anilines is 1. The number of methoxy groups -OCH3 is 2. The van der Waals surface area contributed by atoms with Gasteiger partial charge in [0, 0.05) is 43.7 Å². The topological polar surface area (TPSA) is 186 Å². The van der Waals surface area contributed by atoms with Crippen LogP contribution in [0.25, 0.3) is 5.57 Å². The molecule has 0 bridgehead atoms. The van der Waals surface area contributed by atoms with E-state index in [9.17, 15) is 14.7 Å². The number of fused-ring (bicyclic) bond motifs is 2. The molecule has 50 heavy (non-hydrogen) atoms. The van der Waals surface area contributed by atoms with Crippen molar-refractivity contribution in [1.29, 1.82) is 0 Å². The number of carboxylic acid groups (broad SMARTS) is 1. The zero-order valence-corrected chi connectivity index (χ0v) is 28.3. The van der Waals surface area contributed by atoms with Gasteiger partial charge >= 0.3 is 12.1 Å². The fraction of sp³-hybridized carbons (Fsp3) is 0.471. The first-order valence-electron chi connectivity index (χ1n) is 16.8. The summed E-state index contributed by atoms with van der Waals surface area (Å²) in [6, 6.07) is 0.723. The number of aromatic nitrogens is 2. The van der Waals surface area contributed by atoms with Crippen LogP contribution in [0.15, 0.2) is 51.5 Å². The number of carbonyl (C=O) groups is 2. The van der Waals surface area contributed by atoms with Crippen LogP contribution in [0.4, 0.5) is 10.6 Å². The van der Waals surface area contributed by atoms with E-state index in [1.54, 1.807) is 26.8 Å². The summed E-state index contributed by atoms with van der Waals surface area (Å²) in [4.78, 5) is 39.4. The van der Waals surface area contributed by atoms with Crippen LogP contribution in [0.5, 0.6) is 17.2 Å². The highest BCUT2D eigenvalue weighted by atomic mass is 16.6. The lowest BCUT2D eigenvalue weighted by atomic mass is 9.95. The van der Waals surface area contributed by atoms with E-state index in [-0.39, 0.29) is 19.6 Å². The van der Waals surface area contributed by atoms with Crippen molar-refractivity contribution in [2.24, 2.45) is 15.1 Å². The van der Waals surface area contributed by atoms with E-state index in [0.717, 1.165) is 55.0 Å². The fourth-order valence-corrected chi connectivity index (χ4v) is 6.44. The van der Waals surface area contributed by atoms with Gasteiger partial charge in [0.05, 0.1) is 46.0 Å². The van der Waals surface area contributed by atoms with Gasteiger partial charge < -0.3 is 44.2 Å². The number of carboxylic acids is 1. The van der Waals surface area contributed by atoms with Crippen LogP contribution in [0.2, 0.25) is 0 Å². The highest BCUT2D eigenvalue weighted by Gasteiger charge is 2.32. The highest BCUT2D eigenvalue weighted by Crippen LogP contribution is 2.50. The third kappa shape index (κ3) is 8.01. The molecule has 2 aromatic rings. The minimum atomic E-state index is -1.22. The maximum Gasteiger partial charge on any atom is 0.407 e. The van der Waals surface area contributed by atoms with Gasteiger partial charge in [0.15, 0.2) is 17.3 Å². The van der Waals surface area contributed by atoms with Crippen LogP contribution in [0.3, 0.4) is 0 Å². The van der Waals surface area contributed by atoms with Gasteiger partial charge in [-0.2, -0.15) is 5.10 Å². The highest BCUT2D eigenvalue weighted by molar-refractivity contribution is 6.09. The van der Waals surface area contributed by atoms with E-state index in [4.69, 9.17) is 24.0 Å². The maximum absolute atomic E-state index is 12.5. The first-order chi connectivity index (χ1) is 24.4. The quantitative estimate of drug-likeness (QED) is 0.169. The number of carbonyl (C=O) groups excluding carboxylic acids is 1. The van der Waals surface area contributed by atoms with Crippen molar-refractivity contribution in [3.8, 4) is 17.2 Å². The molecule has 16 nitrogen and oxygen atoms in total. The molecule has 1 unspecified atom stereocenters. The van der Waals surface area contributed by atoms with E-state index in [0.29, 0.717) is 55.7 Å². The lowest BCUT2D eigenvalue weighted by Gasteiger charge is -2.21. The molecule has 0 fully saturated rings. The van der Waals surface area contributed by atoms with Crippen LogP contribution in [0, 0.1) is 0 Å². The number of nitrogens with one attached hydrogen (secondary N) is 3. The number of hydrogen-bond donors (Lipinski definition) is 4. The number of ether oxygens (including phenoxy) is 4. The molecule has 1 aromatic heterocycles. The Morgan fingerprint density at radius 2 is 1.98 bits per heavy atom. The molecule has 4 N–H and O–H groups in total. The molecule has 0 radical (unpaired) electrons. The second-order valence-electron chi connectivity index (χ2n) is 12.0. The number of allylic oxidation sites excluding steroid dienone is 3. The molecule has 6 rings (SSSR count). The smallest absolute Gasteiger partial charge is 0.407 e. The van der Waals surface area contributed by atoms with E-state index < -0.39 is 18.1 Å². The lowest BCUT2D eigenvalue weighted by Crippen LogP contribution is -2.42. The molecule has 16 heteroatoms. The molecule has 0 saturated heterocycles. The minimum Gasteiger partial charge on any atom is -0.492 e. The summed E-state index contributed by atoms with van der Waals surface area (Å²) in [5.74, 6) is 1.69. The third-order valence-electron chi connectivity index (χ3n) is 8.82. The van der Waals surface area contributed by atoms with Crippen molar-refractivity contribution in [3.05, 3.63) is 47.6 Å². The van der Waals surface area contributed by atoms with Crippen molar-refractivity contribution >= 4 is 41.3 Å². The van der Waals surface area contributed by atoms with Crippen molar-refractivity contribution in [2.75, 3.05) is 52.1 Å². The predicted octanol–water partition coefficient (Wildman–Crippen LogP) is 3.09. The summed E-state index contributed by atoms with van der Waals surface area (Å²) in [6.45, 7) is 2.70. The largest absolute Gasteiger partial charge is 0.492 e. The lowest BCUT2D eigenvalue weighted by molar-refractivity contribution is -0.139. The first kappa shape index (κ1) is 34.3. The van der Waals surface area contributed by atoms with Gasteiger partial charge in [-0.25, -0.2) is 25.0 Å². The maximum atomic E-state index is 12.5. The summed E-state index contributed by atoms with van der Waals surface area (Å²) in [6.07, 6.45) is 13.0. The zero-order chi connectivity index (χ0) is 34.9. The summed E-state index contributed by atoms with van der Waals surface area (Å²) in [7, 11) is 3.15. The Labute approximate surface area is 289 Å². The molecular formula is C34H43N9O7. The van der Waals surface area contributed by atoms with Crippen LogP contribution < -0.4 is 35.2 Å². The minimum absolute atomic E-state index is 0.00425. The number of rotatable bonds is 14. The summed E-state index contributed by atoms with van der Waals surface area (Å²) in [5, 5.41) is 20.2. The Balaban J connectivity index is 1.04. The molecule has 1 amide bonds. The van der Waals surface area contributed by atoms with Gasteiger partial charge in [0.1, 0.15) is 12.7 Å². The van der Waals surface area contributed by atoms with Crippen LogP contribution in [-0.4, -0.2) is 97.8 Å². The van der Waals surface area contributed by atoms with E-state index in [1.165, 1.54) is 11.1 Å². The number of nitrogens with zero attached hydrogens (tertiary/aromatic N) is 6. The average molecular weight is 690 g/mol. The number of amides is 1. The second kappa shape index (κ2) is 16.2. The molecule has 266 valence electrons. The molecule has 2 aliphatic carbocycles. The number of aryl methyl sites for hydroxylation is 2. The number of alkyl carbamates (subject to hydrolysis) is 1. The number of benzene rings is 1. The molecule has 0 spiro atoms. The van der Waals surface area contributed by atoms with Crippen molar-refractivity contribution < 1.29 is 33.6 Å². The second-order valence-corrected chi connectivity index (χ2v) is 12.0. The fourth-order valence-electron chi connectivity index (χ4n) is 6.44. The number of aliphatic carboxylic acids is 1. The molecule has 1 atom stereocenters. The Bertz CT molecular complexity index is 1730. The standard InChI is InChI=1S/C34H43N9O7/c1-47-30-27(18-22-8-9-25(40-41-33-36-12-13-37-33)23-6-3-7-24(23)29(22)31(30)48-2)49-17-10-26(32(44)45)39-34(46)50-16-5-14-42-19-28(38-21-42)43-15-4-11-35-20-43/h4,11,15,18-19,21,26H,3,5-10,12-14,16-17,20H2,1-2H3,(H,39,46)(H,44,45)(H2,36,37,41). The van der Waals surface area contributed by atoms with Gasteiger partial charge in [0.2, 0.25) is 11.7 Å². The number of imidazole rings is 1. The van der Waals surface area contributed by atoms with E-state index >= 15 is 0 Å². The summed E-state index contributed by atoms with van der Waals surface area (Å²) >= 11 is 0. The Morgan fingerprint density at radius 1 is 1.12 bits per heavy atom. The van der Waals surface area contributed by atoms with E-state index in [2.05, 4.69) is 31.0 Å². The van der Waals surface area contributed by atoms with Gasteiger partial charge in [-0.1, -0.05) is 0 Å². The van der Waals surface area contributed by atoms with Crippen molar-refractivity contribution in [2.45, 2.75) is 57.5 Å². The van der Waals surface area contributed by atoms with Crippen LogP contribution >= 0.6 is 0 Å². The Morgan fingerprint density at radius 3 is 2.74 bits per heavy atom. The zero-order valence-electron chi connectivity index (χ0n) is 28.3. The first-order valence-corrected chi connectivity index (χ1v) is 16.8. The number of hydrazone groups is 1. The normalized spacial score (nSPS) is 17.8. The Hall–Kier alpha value is -5.54. The van der Waals surface area contributed by atoms with Gasteiger partial charge in [-0.15, -0.1) is 0 Å². The van der Waals surface area contributed by atoms with Crippen molar-refractivity contribution in [3.63, 3.8) is 0 Å². The summed E-state index contributed by atoms with van der Waals surface area (Å²) in [5.41, 5.74) is 8.52. The molecule has 4 aliphatic rings. The number of aliphatic imine (C=N–C) groups is 2. The average Bonchev–Trinajstić information content (AvgIpc) is 3.92. The number of guanidine groups is 1. The van der Waals surface area contributed by atoms with Gasteiger partial charge in [0.25, 0.3) is 0 Å². The SMILES string of the molecule is COc1c(OCCC(NC(=O)OCCCn2cnc(N3C=CC=NC3)c2)C(=O)O)cc2c(c1OC)C1=C(CCC1)C(=NNC1=NCCN1)CC2. The summed E-state index contributed by atoms with van der Waals surface area (Å²) < 4.78 is 25.0. The third-order valence-corrected chi connectivity index (χ3v) is 8.82. The molecular weight excluding hydrogens is 646 g/mol. The van der Waals surface area contributed by atoms with Gasteiger partial charge in [-0.05, 0) is 67.4 Å². The monoisotopic (exact) mass is 689 g/mol.